The van der Waals surface area contributed by atoms with Gasteiger partial charge in [-0.25, -0.2) is 4.90 Å². The van der Waals surface area contributed by atoms with E-state index >= 15 is 0 Å². The van der Waals surface area contributed by atoms with Crippen molar-refractivity contribution >= 4 is 46.3 Å². The number of amides is 2. The molecular weight excluding hydrogens is 400 g/mol. The van der Waals surface area contributed by atoms with Gasteiger partial charge in [0.1, 0.15) is 6.07 Å². The molecule has 0 aromatic heterocycles. The van der Waals surface area contributed by atoms with Gasteiger partial charge in [-0.2, -0.15) is 5.26 Å². The van der Waals surface area contributed by atoms with Crippen molar-refractivity contribution < 1.29 is 19.1 Å². The summed E-state index contributed by atoms with van der Waals surface area (Å²) in [5, 5.41) is 8.82. The summed E-state index contributed by atoms with van der Waals surface area (Å²) in [4.78, 5) is 26.5. The monoisotopic (exact) mass is 414 g/mol. The molecule has 0 saturated carbocycles. The van der Waals surface area contributed by atoms with E-state index in [0.717, 1.165) is 16.7 Å². The molecule has 0 unspecified atom stereocenters. The Morgan fingerprint density at radius 2 is 1.89 bits per heavy atom. The second-order valence-corrected chi connectivity index (χ2v) is 7.01. The van der Waals surface area contributed by atoms with Crippen molar-refractivity contribution in [2.75, 3.05) is 18.1 Å². The zero-order chi connectivity index (χ0) is 20.1. The molecule has 1 fully saturated rings. The Kier molecular flexibility index (Phi) is 6.24. The van der Waals surface area contributed by atoms with E-state index in [1.807, 2.05) is 13.0 Å². The number of benzene rings is 2. The van der Waals surface area contributed by atoms with E-state index in [1.165, 1.54) is 0 Å². The Labute approximate surface area is 171 Å². The van der Waals surface area contributed by atoms with Gasteiger partial charge in [-0.05, 0) is 66.7 Å². The van der Waals surface area contributed by atoms with Crippen molar-refractivity contribution in [3.8, 4) is 17.6 Å². The van der Waals surface area contributed by atoms with Crippen LogP contribution >= 0.6 is 23.4 Å². The fourth-order valence-electron chi connectivity index (χ4n) is 2.54. The minimum absolute atomic E-state index is 0.0978. The lowest BCUT2D eigenvalue weighted by atomic mass is 10.1. The van der Waals surface area contributed by atoms with E-state index < -0.39 is 5.91 Å². The SMILES string of the molecule is CCOc1cc(/C=C2/SC(=O)N(c3ccc(Cl)cc3)C2=O)ccc1OCC#N. The summed E-state index contributed by atoms with van der Waals surface area (Å²) in [7, 11) is 0. The second kappa shape index (κ2) is 8.83. The number of ether oxygens (including phenoxy) is 2. The molecule has 0 atom stereocenters. The van der Waals surface area contributed by atoms with Gasteiger partial charge in [-0.1, -0.05) is 17.7 Å². The van der Waals surface area contributed by atoms with E-state index in [4.69, 9.17) is 26.3 Å². The Morgan fingerprint density at radius 1 is 1.14 bits per heavy atom. The highest BCUT2D eigenvalue weighted by atomic mass is 35.5. The lowest BCUT2D eigenvalue weighted by molar-refractivity contribution is -0.113. The van der Waals surface area contributed by atoms with Crippen LogP contribution in [0.2, 0.25) is 5.02 Å². The quantitative estimate of drug-likeness (QED) is 0.626. The van der Waals surface area contributed by atoms with Gasteiger partial charge < -0.3 is 9.47 Å². The van der Waals surface area contributed by atoms with Crippen molar-refractivity contribution in [3.63, 3.8) is 0 Å². The molecule has 142 valence electrons. The summed E-state index contributed by atoms with van der Waals surface area (Å²) in [6.07, 6.45) is 1.62. The molecule has 1 aliphatic heterocycles. The smallest absolute Gasteiger partial charge is 0.298 e. The minimum Gasteiger partial charge on any atom is -0.490 e. The number of anilines is 1. The maximum Gasteiger partial charge on any atom is 0.298 e. The van der Waals surface area contributed by atoms with Gasteiger partial charge in [0.2, 0.25) is 0 Å². The summed E-state index contributed by atoms with van der Waals surface area (Å²) >= 11 is 6.73. The fourth-order valence-corrected chi connectivity index (χ4v) is 3.51. The zero-order valence-corrected chi connectivity index (χ0v) is 16.4. The first-order valence-corrected chi connectivity index (χ1v) is 9.53. The normalized spacial score (nSPS) is 15.0. The highest BCUT2D eigenvalue weighted by Crippen LogP contribution is 2.37. The molecule has 0 N–H and O–H groups in total. The van der Waals surface area contributed by atoms with Crippen LogP contribution in [0.3, 0.4) is 0 Å². The average molecular weight is 415 g/mol. The zero-order valence-electron chi connectivity index (χ0n) is 14.8. The van der Waals surface area contributed by atoms with Gasteiger partial charge in [-0.15, -0.1) is 0 Å². The minimum atomic E-state index is -0.403. The first kappa shape index (κ1) is 19.8. The molecule has 6 nitrogen and oxygen atoms in total. The van der Waals surface area contributed by atoms with Crippen molar-refractivity contribution in [2.45, 2.75) is 6.92 Å². The Morgan fingerprint density at radius 3 is 2.57 bits per heavy atom. The molecule has 1 heterocycles. The first-order valence-electron chi connectivity index (χ1n) is 8.33. The number of nitriles is 1. The average Bonchev–Trinajstić information content (AvgIpc) is 2.95. The van der Waals surface area contributed by atoms with Crippen LogP contribution in [0.15, 0.2) is 47.4 Å². The summed E-state index contributed by atoms with van der Waals surface area (Å²) in [5.41, 5.74) is 1.14. The highest BCUT2D eigenvalue weighted by Gasteiger charge is 2.36. The van der Waals surface area contributed by atoms with Gasteiger partial charge in [0.15, 0.2) is 18.1 Å². The van der Waals surface area contributed by atoms with Gasteiger partial charge in [0, 0.05) is 5.02 Å². The van der Waals surface area contributed by atoms with E-state index in [2.05, 4.69) is 0 Å². The molecular formula is C20H15ClN2O4S. The molecule has 1 saturated heterocycles. The third-order valence-corrected chi connectivity index (χ3v) is 4.86. The molecule has 28 heavy (non-hydrogen) atoms. The van der Waals surface area contributed by atoms with Crippen LogP contribution in [-0.2, 0) is 4.79 Å². The Hall–Kier alpha value is -2.95. The molecule has 0 spiro atoms. The number of nitrogens with zero attached hydrogens (tertiary/aromatic N) is 2. The molecule has 0 radical (unpaired) electrons. The maximum absolute atomic E-state index is 12.7. The lowest BCUT2D eigenvalue weighted by Crippen LogP contribution is -2.27. The molecule has 0 bridgehead atoms. The van der Waals surface area contributed by atoms with Crippen LogP contribution in [0.25, 0.3) is 6.08 Å². The summed E-state index contributed by atoms with van der Waals surface area (Å²) in [6, 6.07) is 13.5. The van der Waals surface area contributed by atoms with Gasteiger partial charge in [0.05, 0.1) is 17.2 Å². The molecule has 0 aliphatic carbocycles. The molecule has 2 aromatic rings. The standard InChI is InChI=1S/C20H15ClN2O4S/c1-2-26-17-11-13(3-8-16(17)27-10-9-22)12-18-19(24)23(20(25)28-18)15-6-4-14(21)5-7-15/h3-8,11-12H,2,10H2,1H3/b18-12+. The number of carbonyl (C=O) groups is 2. The second-order valence-electron chi connectivity index (χ2n) is 5.58. The Balaban J connectivity index is 1.88. The van der Waals surface area contributed by atoms with Crippen LogP contribution in [0.4, 0.5) is 10.5 Å². The topological polar surface area (TPSA) is 79.6 Å². The van der Waals surface area contributed by atoms with Crippen LogP contribution in [-0.4, -0.2) is 24.4 Å². The number of imide groups is 1. The summed E-state index contributed by atoms with van der Waals surface area (Å²) < 4.78 is 10.9. The number of carbonyl (C=O) groups excluding carboxylic acids is 2. The fraction of sp³-hybridized carbons (Fsp3) is 0.150. The maximum atomic E-state index is 12.7. The predicted molar refractivity (Wildman–Crippen MR) is 109 cm³/mol. The van der Waals surface area contributed by atoms with Gasteiger partial charge in [-0.3, -0.25) is 9.59 Å². The summed E-state index contributed by atoms with van der Waals surface area (Å²) in [6.45, 7) is 2.15. The predicted octanol–water partition coefficient (Wildman–Crippen LogP) is 4.88. The number of hydrogen-bond donors (Lipinski definition) is 0. The number of rotatable bonds is 6. The van der Waals surface area contributed by atoms with Gasteiger partial charge >= 0.3 is 0 Å². The molecule has 2 amide bonds. The van der Waals surface area contributed by atoms with E-state index in [-0.39, 0.29) is 11.8 Å². The van der Waals surface area contributed by atoms with Crippen LogP contribution in [0, 0.1) is 11.3 Å². The van der Waals surface area contributed by atoms with Gasteiger partial charge in [0.25, 0.3) is 11.1 Å². The highest BCUT2D eigenvalue weighted by molar-refractivity contribution is 8.19. The first-order chi connectivity index (χ1) is 13.5. The Bertz CT molecular complexity index is 983. The van der Waals surface area contributed by atoms with Crippen molar-refractivity contribution in [1.82, 2.24) is 0 Å². The van der Waals surface area contributed by atoms with Crippen molar-refractivity contribution in [3.05, 3.63) is 58.0 Å². The molecule has 3 rings (SSSR count). The van der Waals surface area contributed by atoms with E-state index in [9.17, 15) is 9.59 Å². The number of halogens is 1. The molecule has 8 heteroatoms. The largest absolute Gasteiger partial charge is 0.490 e. The molecule has 2 aromatic carbocycles. The van der Waals surface area contributed by atoms with E-state index in [0.29, 0.717) is 39.3 Å². The lowest BCUT2D eigenvalue weighted by Gasteiger charge is -2.12. The third-order valence-electron chi connectivity index (χ3n) is 3.74. The summed E-state index contributed by atoms with van der Waals surface area (Å²) in [5.74, 6) is 0.498. The molecule has 1 aliphatic rings. The van der Waals surface area contributed by atoms with Crippen LogP contribution in [0.5, 0.6) is 11.5 Å². The van der Waals surface area contributed by atoms with Crippen LogP contribution in [0.1, 0.15) is 12.5 Å². The third kappa shape index (κ3) is 4.30. The van der Waals surface area contributed by atoms with E-state index in [1.54, 1.807) is 48.5 Å². The van der Waals surface area contributed by atoms with Crippen LogP contribution < -0.4 is 14.4 Å². The number of hydrogen-bond acceptors (Lipinski definition) is 6. The van der Waals surface area contributed by atoms with Crippen molar-refractivity contribution in [1.29, 1.82) is 5.26 Å². The number of thioether (sulfide) groups is 1. The van der Waals surface area contributed by atoms with Crippen molar-refractivity contribution in [2.24, 2.45) is 0 Å².